The van der Waals surface area contributed by atoms with E-state index in [0.717, 1.165) is 0 Å². The van der Waals surface area contributed by atoms with E-state index in [4.69, 9.17) is 6.42 Å². The van der Waals surface area contributed by atoms with Crippen molar-refractivity contribution in [3.05, 3.63) is 17.5 Å². The Kier molecular flexibility index (Phi) is 2.15. The molecule has 1 heterocycles. The number of carbonyl (C=O) groups excluding carboxylic acids is 1. The summed E-state index contributed by atoms with van der Waals surface area (Å²) in [4.78, 5) is 10.9. The van der Waals surface area contributed by atoms with Crippen molar-refractivity contribution in [2.75, 3.05) is 7.11 Å². The van der Waals surface area contributed by atoms with Gasteiger partial charge in [-0.15, -0.1) is 6.42 Å². The molecule has 1 rings (SSSR count). The predicted molar refractivity (Wildman–Crippen MR) is 42.5 cm³/mol. The lowest BCUT2D eigenvalue weighted by molar-refractivity contribution is 0.0593. The molecule has 12 heavy (non-hydrogen) atoms. The molecule has 1 aromatic rings. The van der Waals surface area contributed by atoms with Crippen molar-refractivity contribution >= 4 is 5.97 Å². The highest BCUT2D eigenvalue weighted by atomic mass is 16.5. The van der Waals surface area contributed by atoms with Crippen molar-refractivity contribution in [3.8, 4) is 12.3 Å². The fourth-order valence-electron chi connectivity index (χ4n) is 0.807. The van der Waals surface area contributed by atoms with Gasteiger partial charge in [-0.1, -0.05) is 5.92 Å². The first-order valence-corrected chi connectivity index (χ1v) is 3.28. The molecule has 0 amide bonds. The van der Waals surface area contributed by atoms with E-state index in [1.165, 1.54) is 17.9 Å². The maximum atomic E-state index is 10.9. The molecule has 4 heteroatoms. The lowest BCUT2D eigenvalue weighted by atomic mass is 10.3. The van der Waals surface area contributed by atoms with Gasteiger partial charge in [-0.05, 0) is 0 Å². The summed E-state index contributed by atoms with van der Waals surface area (Å²) in [6, 6.07) is 1.51. The topological polar surface area (TPSA) is 44.1 Å². The minimum Gasteiger partial charge on any atom is -0.464 e. The quantitative estimate of drug-likeness (QED) is 0.439. The van der Waals surface area contributed by atoms with Gasteiger partial charge in [-0.25, -0.2) is 4.79 Å². The van der Waals surface area contributed by atoms with Crippen molar-refractivity contribution in [2.24, 2.45) is 7.05 Å². The lowest BCUT2D eigenvalue weighted by Gasteiger charge is -1.90. The largest absolute Gasteiger partial charge is 0.464 e. The minimum atomic E-state index is -0.480. The summed E-state index contributed by atoms with van der Waals surface area (Å²) >= 11 is 0. The molecule has 0 aliphatic rings. The summed E-state index contributed by atoms with van der Waals surface area (Å²) in [5.41, 5.74) is 0.781. The van der Waals surface area contributed by atoms with E-state index in [1.807, 2.05) is 0 Å². The summed E-state index contributed by atoms with van der Waals surface area (Å²) in [5.74, 6) is 1.91. The highest BCUT2D eigenvalue weighted by molar-refractivity contribution is 5.87. The third-order valence-corrected chi connectivity index (χ3v) is 1.42. The summed E-state index contributed by atoms with van der Waals surface area (Å²) < 4.78 is 5.92. The zero-order valence-electron chi connectivity index (χ0n) is 6.87. The lowest BCUT2D eigenvalue weighted by Crippen LogP contribution is -2.02. The Morgan fingerprint density at radius 1 is 1.83 bits per heavy atom. The van der Waals surface area contributed by atoms with E-state index in [-0.39, 0.29) is 5.69 Å². The number of ether oxygens (including phenoxy) is 1. The average molecular weight is 164 g/mol. The first-order chi connectivity index (χ1) is 5.69. The Hall–Kier alpha value is -1.76. The van der Waals surface area contributed by atoms with E-state index in [9.17, 15) is 4.79 Å². The molecular weight excluding hydrogens is 156 g/mol. The molecule has 0 spiro atoms. The Labute approximate surface area is 70.1 Å². The number of esters is 1. The van der Waals surface area contributed by atoms with Crippen LogP contribution in [-0.4, -0.2) is 22.9 Å². The Bertz CT molecular complexity index is 346. The fraction of sp³-hybridized carbons (Fsp3) is 0.250. The van der Waals surface area contributed by atoms with Gasteiger partial charge in [0.1, 0.15) is 5.69 Å². The second kappa shape index (κ2) is 3.09. The van der Waals surface area contributed by atoms with Gasteiger partial charge in [0, 0.05) is 13.1 Å². The highest BCUT2D eigenvalue weighted by Crippen LogP contribution is 2.02. The molecule has 0 aliphatic carbocycles. The Balaban J connectivity index is 3.07. The summed E-state index contributed by atoms with van der Waals surface area (Å²) in [5, 5.41) is 3.85. The smallest absolute Gasteiger partial charge is 0.358 e. The number of hydrogen-bond donors (Lipinski definition) is 0. The standard InChI is InChI=1S/C8H8N2O2/c1-4-6-5-7(8(11)12-3)9-10(6)2/h1,5H,2-3H3. The average Bonchev–Trinajstić information content (AvgIpc) is 2.45. The van der Waals surface area contributed by atoms with Crippen LogP contribution in [0.15, 0.2) is 6.07 Å². The molecule has 0 saturated heterocycles. The van der Waals surface area contributed by atoms with E-state index in [1.54, 1.807) is 7.05 Å². The SMILES string of the molecule is C#Cc1cc(C(=O)OC)nn1C. The number of hydrogen-bond acceptors (Lipinski definition) is 3. The van der Waals surface area contributed by atoms with Gasteiger partial charge < -0.3 is 4.74 Å². The van der Waals surface area contributed by atoms with Crippen LogP contribution < -0.4 is 0 Å². The van der Waals surface area contributed by atoms with Crippen LogP contribution in [0, 0.1) is 12.3 Å². The van der Waals surface area contributed by atoms with E-state index in [2.05, 4.69) is 15.8 Å². The van der Waals surface area contributed by atoms with Crippen LogP contribution in [0.5, 0.6) is 0 Å². The third kappa shape index (κ3) is 1.30. The molecule has 0 aromatic carbocycles. The molecule has 0 radical (unpaired) electrons. The normalized spacial score (nSPS) is 9.08. The van der Waals surface area contributed by atoms with Crippen LogP contribution in [0.25, 0.3) is 0 Å². The number of terminal acetylenes is 1. The molecule has 62 valence electrons. The second-order valence-corrected chi connectivity index (χ2v) is 2.17. The van der Waals surface area contributed by atoms with E-state index in [0.29, 0.717) is 5.69 Å². The van der Waals surface area contributed by atoms with E-state index < -0.39 is 5.97 Å². The molecular formula is C8H8N2O2. The summed E-state index contributed by atoms with van der Waals surface area (Å²) in [6.07, 6.45) is 5.14. The summed E-state index contributed by atoms with van der Waals surface area (Å²) in [6.45, 7) is 0. The van der Waals surface area contributed by atoms with Crippen molar-refractivity contribution in [2.45, 2.75) is 0 Å². The van der Waals surface area contributed by atoms with Gasteiger partial charge in [-0.3, -0.25) is 4.68 Å². The second-order valence-electron chi connectivity index (χ2n) is 2.17. The monoisotopic (exact) mass is 164 g/mol. The number of aromatic nitrogens is 2. The van der Waals surface area contributed by atoms with Gasteiger partial charge >= 0.3 is 5.97 Å². The van der Waals surface area contributed by atoms with Crippen LogP contribution in [0.1, 0.15) is 16.2 Å². The number of methoxy groups -OCH3 is 1. The number of rotatable bonds is 1. The van der Waals surface area contributed by atoms with Gasteiger partial charge in [0.15, 0.2) is 5.69 Å². The van der Waals surface area contributed by atoms with Gasteiger partial charge in [-0.2, -0.15) is 5.10 Å². The first kappa shape index (κ1) is 8.34. The van der Waals surface area contributed by atoms with Crippen molar-refractivity contribution in [1.82, 2.24) is 9.78 Å². The van der Waals surface area contributed by atoms with Crippen LogP contribution >= 0.6 is 0 Å². The maximum Gasteiger partial charge on any atom is 0.358 e. The van der Waals surface area contributed by atoms with Crippen molar-refractivity contribution < 1.29 is 9.53 Å². The van der Waals surface area contributed by atoms with E-state index >= 15 is 0 Å². The van der Waals surface area contributed by atoms with Crippen LogP contribution in [0.3, 0.4) is 0 Å². The van der Waals surface area contributed by atoms with Gasteiger partial charge in [0.25, 0.3) is 0 Å². The number of nitrogens with zero attached hydrogens (tertiary/aromatic N) is 2. The summed E-state index contributed by atoms with van der Waals surface area (Å²) in [7, 11) is 2.97. The molecule has 0 aliphatic heterocycles. The molecule has 0 N–H and O–H groups in total. The molecule has 0 bridgehead atoms. The minimum absolute atomic E-state index is 0.230. The highest BCUT2D eigenvalue weighted by Gasteiger charge is 2.10. The van der Waals surface area contributed by atoms with Crippen LogP contribution in [0.4, 0.5) is 0 Å². The van der Waals surface area contributed by atoms with Gasteiger partial charge in [0.2, 0.25) is 0 Å². The number of carbonyl (C=O) groups is 1. The molecule has 0 unspecified atom stereocenters. The molecule has 0 atom stereocenters. The first-order valence-electron chi connectivity index (χ1n) is 3.28. The van der Waals surface area contributed by atoms with Crippen LogP contribution in [-0.2, 0) is 11.8 Å². The number of aryl methyl sites for hydroxylation is 1. The Morgan fingerprint density at radius 3 is 2.92 bits per heavy atom. The predicted octanol–water partition coefficient (Wildman–Crippen LogP) is 0.188. The zero-order chi connectivity index (χ0) is 9.14. The zero-order valence-corrected chi connectivity index (χ0v) is 6.87. The van der Waals surface area contributed by atoms with Crippen molar-refractivity contribution in [3.63, 3.8) is 0 Å². The van der Waals surface area contributed by atoms with Crippen LogP contribution in [0.2, 0.25) is 0 Å². The third-order valence-electron chi connectivity index (χ3n) is 1.42. The molecule has 0 fully saturated rings. The fourth-order valence-corrected chi connectivity index (χ4v) is 0.807. The molecule has 4 nitrogen and oxygen atoms in total. The Morgan fingerprint density at radius 2 is 2.50 bits per heavy atom. The van der Waals surface area contributed by atoms with Gasteiger partial charge in [0.05, 0.1) is 7.11 Å². The molecule has 1 aromatic heterocycles. The molecule has 0 saturated carbocycles. The maximum absolute atomic E-state index is 10.9. The van der Waals surface area contributed by atoms with Crippen molar-refractivity contribution in [1.29, 1.82) is 0 Å².